The number of hydrogen-bond acceptors (Lipinski definition) is 1. The quantitative estimate of drug-likeness (QED) is 0.556. The molecule has 3 rings (SSSR count). The first kappa shape index (κ1) is 15.5. The van der Waals surface area contributed by atoms with E-state index in [0.29, 0.717) is 0 Å². The van der Waals surface area contributed by atoms with E-state index < -0.39 is 0 Å². The lowest BCUT2D eigenvalue weighted by atomic mass is 10.1. The van der Waals surface area contributed by atoms with Crippen LogP contribution < -0.4 is 0 Å². The average molecular weight is 314 g/mol. The lowest BCUT2D eigenvalue weighted by molar-refractivity contribution is 1.26. The van der Waals surface area contributed by atoms with Gasteiger partial charge in [-0.3, -0.25) is 0 Å². The molecule has 0 N–H and O–H groups in total. The normalized spacial score (nSPS) is 11.3. The molecule has 3 aromatic carbocycles. The molecule has 0 aromatic heterocycles. The van der Waals surface area contributed by atoms with Crippen molar-refractivity contribution in [3.05, 3.63) is 108 Å². The number of hydrogen-bond donors (Lipinski definition) is 0. The highest BCUT2D eigenvalue weighted by molar-refractivity contribution is 7.99. The van der Waals surface area contributed by atoms with Crippen molar-refractivity contribution in [3.8, 4) is 11.8 Å². The Morgan fingerprint density at radius 2 is 1.26 bits per heavy atom. The maximum Gasteiger partial charge on any atom is 0.0913 e. The fraction of sp³-hybridized carbons (Fsp3) is 0.0909. The molecular weight excluding hydrogens is 296 g/mol. The van der Waals surface area contributed by atoms with Gasteiger partial charge in [0.05, 0.1) is 5.25 Å². The molecule has 0 aliphatic carbocycles. The maximum absolute atomic E-state index is 3.44. The Morgan fingerprint density at radius 3 is 1.91 bits per heavy atom. The third kappa shape index (κ3) is 4.77. The zero-order valence-corrected chi connectivity index (χ0v) is 13.7. The van der Waals surface area contributed by atoms with Crippen molar-refractivity contribution in [1.82, 2.24) is 0 Å². The van der Waals surface area contributed by atoms with Gasteiger partial charge in [0.25, 0.3) is 0 Å². The van der Waals surface area contributed by atoms with Crippen molar-refractivity contribution in [2.45, 2.75) is 11.0 Å². The molecular formula is C22H18S. The van der Waals surface area contributed by atoms with Gasteiger partial charge in [-0.15, -0.1) is 11.8 Å². The van der Waals surface area contributed by atoms with Gasteiger partial charge in [0.1, 0.15) is 0 Å². The summed E-state index contributed by atoms with van der Waals surface area (Å²) in [5.41, 5.74) is 3.66. The van der Waals surface area contributed by atoms with Crippen LogP contribution in [0.5, 0.6) is 0 Å². The number of rotatable bonds is 4. The van der Waals surface area contributed by atoms with E-state index in [9.17, 15) is 0 Å². The fourth-order valence-corrected chi connectivity index (χ4v) is 3.32. The minimum Gasteiger partial charge on any atom is -0.136 e. The second-order valence-electron chi connectivity index (χ2n) is 5.22. The summed E-state index contributed by atoms with van der Waals surface area (Å²) in [7, 11) is 0. The smallest absolute Gasteiger partial charge is 0.0913 e. The topological polar surface area (TPSA) is 0 Å². The molecule has 0 saturated carbocycles. The highest BCUT2D eigenvalue weighted by Crippen LogP contribution is 2.31. The lowest BCUT2D eigenvalue weighted by Gasteiger charge is -2.11. The third-order valence-corrected chi connectivity index (χ3v) is 4.71. The van der Waals surface area contributed by atoms with Gasteiger partial charge >= 0.3 is 0 Å². The van der Waals surface area contributed by atoms with Crippen LogP contribution in [0.4, 0.5) is 0 Å². The maximum atomic E-state index is 3.44. The molecule has 1 atom stereocenters. The first-order chi connectivity index (χ1) is 11.4. The molecule has 0 radical (unpaired) electrons. The molecule has 112 valence electrons. The van der Waals surface area contributed by atoms with E-state index in [1.165, 1.54) is 11.1 Å². The largest absolute Gasteiger partial charge is 0.136 e. The van der Waals surface area contributed by atoms with Gasteiger partial charge in [-0.05, 0) is 23.3 Å². The summed E-state index contributed by atoms with van der Waals surface area (Å²) in [5.74, 6) is 7.71. The molecule has 0 aliphatic rings. The van der Waals surface area contributed by atoms with E-state index in [-0.39, 0.29) is 5.25 Å². The SMILES string of the molecule is C(#CC(SCc1ccccc1)c1ccccc1)c1ccccc1. The number of thioether (sulfide) groups is 1. The molecule has 0 heterocycles. The van der Waals surface area contributed by atoms with Gasteiger partial charge < -0.3 is 0 Å². The highest BCUT2D eigenvalue weighted by atomic mass is 32.2. The molecule has 0 aliphatic heterocycles. The van der Waals surface area contributed by atoms with Crippen molar-refractivity contribution in [1.29, 1.82) is 0 Å². The molecule has 1 unspecified atom stereocenters. The zero-order valence-electron chi connectivity index (χ0n) is 12.9. The molecule has 0 bridgehead atoms. The van der Waals surface area contributed by atoms with E-state index in [1.807, 2.05) is 36.0 Å². The van der Waals surface area contributed by atoms with Crippen molar-refractivity contribution in [2.75, 3.05) is 0 Å². The molecule has 0 nitrogen and oxygen atoms in total. The Labute approximate surface area is 142 Å². The Balaban J connectivity index is 1.79. The second-order valence-corrected chi connectivity index (χ2v) is 6.32. The van der Waals surface area contributed by atoms with Crippen LogP contribution in [-0.2, 0) is 5.75 Å². The zero-order chi connectivity index (χ0) is 15.7. The Kier molecular flexibility index (Phi) is 5.56. The minimum atomic E-state index is 0.177. The van der Waals surface area contributed by atoms with Crippen LogP contribution in [-0.4, -0.2) is 0 Å². The summed E-state index contributed by atoms with van der Waals surface area (Å²) in [6, 6.07) is 31.3. The van der Waals surface area contributed by atoms with E-state index in [0.717, 1.165) is 11.3 Å². The first-order valence-electron chi connectivity index (χ1n) is 7.69. The summed E-state index contributed by atoms with van der Waals surface area (Å²) in [4.78, 5) is 0. The van der Waals surface area contributed by atoms with Crippen LogP contribution in [0, 0.1) is 11.8 Å². The van der Waals surface area contributed by atoms with E-state index in [1.54, 1.807) is 0 Å². The molecule has 3 aromatic rings. The molecule has 1 heteroatoms. The van der Waals surface area contributed by atoms with Crippen molar-refractivity contribution in [2.24, 2.45) is 0 Å². The average Bonchev–Trinajstić information content (AvgIpc) is 2.64. The van der Waals surface area contributed by atoms with Gasteiger partial charge in [0.2, 0.25) is 0 Å². The van der Waals surface area contributed by atoms with E-state index >= 15 is 0 Å². The monoisotopic (exact) mass is 314 g/mol. The van der Waals surface area contributed by atoms with Crippen molar-refractivity contribution >= 4 is 11.8 Å². The number of benzene rings is 3. The van der Waals surface area contributed by atoms with Crippen LogP contribution in [0.2, 0.25) is 0 Å². The summed E-state index contributed by atoms with van der Waals surface area (Å²) in [5, 5.41) is 0.177. The predicted octanol–water partition coefficient (Wildman–Crippen LogP) is 5.71. The van der Waals surface area contributed by atoms with Crippen LogP contribution >= 0.6 is 11.8 Å². The Bertz CT molecular complexity index is 768. The van der Waals surface area contributed by atoms with Crippen LogP contribution in [0.1, 0.15) is 21.9 Å². The lowest BCUT2D eigenvalue weighted by Crippen LogP contribution is -1.92. The summed E-state index contributed by atoms with van der Waals surface area (Å²) < 4.78 is 0. The minimum absolute atomic E-state index is 0.177. The predicted molar refractivity (Wildman–Crippen MR) is 100 cm³/mol. The fourth-order valence-electron chi connectivity index (χ4n) is 2.27. The van der Waals surface area contributed by atoms with Crippen LogP contribution in [0.3, 0.4) is 0 Å². The van der Waals surface area contributed by atoms with Gasteiger partial charge in [-0.2, -0.15) is 0 Å². The van der Waals surface area contributed by atoms with Crippen molar-refractivity contribution < 1.29 is 0 Å². The van der Waals surface area contributed by atoms with Crippen LogP contribution in [0.25, 0.3) is 0 Å². The molecule has 0 spiro atoms. The molecule has 23 heavy (non-hydrogen) atoms. The molecule has 0 saturated heterocycles. The highest BCUT2D eigenvalue weighted by Gasteiger charge is 2.08. The van der Waals surface area contributed by atoms with Gasteiger partial charge in [0, 0.05) is 11.3 Å². The van der Waals surface area contributed by atoms with Crippen LogP contribution in [0.15, 0.2) is 91.0 Å². The molecule has 0 amide bonds. The first-order valence-corrected chi connectivity index (χ1v) is 8.74. The van der Waals surface area contributed by atoms with Gasteiger partial charge in [-0.1, -0.05) is 90.7 Å². The van der Waals surface area contributed by atoms with Gasteiger partial charge in [0.15, 0.2) is 0 Å². The summed E-state index contributed by atoms with van der Waals surface area (Å²) >= 11 is 1.87. The van der Waals surface area contributed by atoms with Crippen molar-refractivity contribution in [3.63, 3.8) is 0 Å². The summed E-state index contributed by atoms with van der Waals surface area (Å²) in [6.45, 7) is 0. The second kappa shape index (κ2) is 8.27. The van der Waals surface area contributed by atoms with E-state index in [4.69, 9.17) is 0 Å². The van der Waals surface area contributed by atoms with Gasteiger partial charge in [-0.25, -0.2) is 0 Å². The summed E-state index contributed by atoms with van der Waals surface area (Å²) in [6.07, 6.45) is 0. The standard InChI is InChI=1S/C22H18S/c1-4-10-19(11-5-1)16-17-22(21-14-8-3-9-15-21)23-18-20-12-6-2-7-13-20/h1-15,22H,18H2. The van der Waals surface area contributed by atoms with E-state index in [2.05, 4.69) is 78.6 Å². The Morgan fingerprint density at radius 1 is 0.696 bits per heavy atom. The Hall–Kier alpha value is -2.43. The third-order valence-electron chi connectivity index (χ3n) is 3.48. The molecule has 0 fully saturated rings.